The van der Waals surface area contributed by atoms with Crippen LogP contribution in [0.25, 0.3) is 0 Å². The molecule has 0 saturated heterocycles. The van der Waals surface area contributed by atoms with Gasteiger partial charge in [-0.25, -0.2) is 9.37 Å². The summed E-state index contributed by atoms with van der Waals surface area (Å²) in [6.07, 6.45) is 3.99. The molecular weight excluding hydrogens is 270 g/mol. The van der Waals surface area contributed by atoms with Crippen molar-refractivity contribution in [2.75, 3.05) is 19.0 Å². The molecule has 0 atom stereocenters. The van der Waals surface area contributed by atoms with Gasteiger partial charge in [-0.05, 0) is 6.07 Å². The van der Waals surface area contributed by atoms with E-state index in [0.29, 0.717) is 18.8 Å². The number of carbonyl (C=O) groups is 1. The second-order valence-corrected chi connectivity index (χ2v) is 3.90. The molecule has 106 valence electrons. The van der Waals surface area contributed by atoms with Crippen LogP contribution in [0.15, 0.2) is 24.7 Å². The first kappa shape index (κ1) is 14.1. The summed E-state index contributed by atoms with van der Waals surface area (Å²) in [7, 11) is 1.56. The first-order valence-corrected chi connectivity index (χ1v) is 5.74. The molecular formula is C12H12F2N4O2. The van der Waals surface area contributed by atoms with Gasteiger partial charge in [0.15, 0.2) is 5.82 Å². The summed E-state index contributed by atoms with van der Waals surface area (Å²) < 4.78 is 32.8. The van der Waals surface area contributed by atoms with E-state index in [-0.39, 0.29) is 0 Å². The van der Waals surface area contributed by atoms with Gasteiger partial charge in [-0.3, -0.25) is 9.48 Å². The van der Waals surface area contributed by atoms with Gasteiger partial charge in [0.05, 0.1) is 30.6 Å². The Morgan fingerprint density at radius 3 is 3.05 bits per heavy atom. The number of amides is 1. The molecule has 6 nitrogen and oxygen atoms in total. The average Bonchev–Trinajstić information content (AvgIpc) is 2.87. The standard InChI is InChI=1S/C12H12F2N4O2/c1-20-5-4-18-7-8(6-16-18)17-12(19)9-2-3-15-11(14)10(9)13/h2-3,6-7H,4-5H2,1H3,(H,17,19). The molecule has 0 aliphatic carbocycles. The van der Waals surface area contributed by atoms with E-state index in [0.717, 1.165) is 12.3 Å². The van der Waals surface area contributed by atoms with E-state index in [1.165, 1.54) is 6.20 Å². The van der Waals surface area contributed by atoms with Crippen LogP contribution in [0.2, 0.25) is 0 Å². The van der Waals surface area contributed by atoms with Crippen molar-refractivity contribution in [1.82, 2.24) is 14.8 Å². The molecule has 0 aromatic carbocycles. The maximum absolute atomic E-state index is 13.4. The van der Waals surface area contributed by atoms with Gasteiger partial charge in [-0.1, -0.05) is 0 Å². The number of hydrogen-bond donors (Lipinski definition) is 1. The van der Waals surface area contributed by atoms with Crippen molar-refractivity contribution in [3.63, 3.8) is 0 Å². The fourth-order valence-corrected chi connectivity index (χ4v) is 1.53. The van der Waals surface area contributed by atoms with Gasteiger partial charge in [-0.2, -0.15) is 9.49 Å². The van der Waals surface area contributed by atoms with Crippen LogP contribution < -0.4 is 5.32 Å². The van der Waals surface area contributed by atoms with Crippen molar-refractivity contribution >= 4 is 11.6 Å². The van der Waals surface area contributed by atoms with Crippen LogP contribution in [0.3, 0.4) is 0 Å². The highest BCUT2D eigenvalue weighted by Crippen LogP contribution is 2.12. The minimum Gasteiger partial charge on any atom is -0.383 e. The molecule has 2 rings (SSSR count). The Kier molecular flexibility index (Phi) is 4.36. The zero-order valence-electron chi connectivity index (χ0n) is 10.6. The van der Waals surface area contributed by atoms with Gasteiger partial charge < -0.3 is 10.1 Å². The van der Waals surface area contributed by atoms with Crippen molar-refractivity contribution in [1.29, 1.82) is 0 Å². The van der Waals surface area contributed by atoms with E-state index in [4.69, 9.17) is 4.74 Å². The van der Waals surface area contributed by atoms with Crippen molar-refractivity contribution < 1.29 is 18.3 Å². The lowest BCUT2D eigenvalue weighted by Gasteiger charge is -2.03. The third kappa shape index (κ3) is 3.15. The molecule has 0 aliphatic heterocycles. The molecule has 2 aromatic heterocycles. The highest BCUT2D eigenvalue weighted by Gasteiger charge is 2.16. The number of pyridine rings is 1. The Bertz CT molecular complexity index is 615. The monoisotopic (exact) mass is 282 g/mol. The fraction of sp³-hybridized carbons (Fsp3) is 0.250. The second-order valence-electron chi connectivity index (χ2n) is 3.90. The van der Waals surface area contributed by atoms with E-state index in [9.17, 15) is 13.6 Å². The Hall–Kier alpha value is -2.35. The maximum Gasteiger partial charge on any atom is 0.258 e. The second kappa shape index (κ2) is 6.20. The quantitative estimate of drug-likeness (QED) is 0.843. The van der Waals surface area contributed by atoms with Crippen molar-refractivity contribution in [2.45, 2.75) is 6.54 Å². The zero-order chi connectivity index (χ0) is 14.5. The molecule has 0 bridgehead atoms. The van der Waals surface area contributed by atoms with Gasteiger partial charge in [0.1, 0.15) is 0 Å². The summed E-state index contributed by atoms with van der Waals surface area (Å²) in [5, 5.41) is 6.41. The molecule has 0 unspecified atom stereocenters. The number of nitrogens with zero attached hydrogens (tertiary/aromatic N) is 3. The molecule has 1 amide bonds. The minimum atomic E-state index is -1.31. The molecule has 2 heterocycles. The predicted molar refractivity (Wildman–Crippen MR) is 66.2 cm³/mol. The van der Waals surface area contributed by atoms with E-state index < -0.39 is 23.2 Å². The maximum atomic E-state index is 13.4. The van der Waals surface area contributed by atoms with Gasteiger partial charge in [0.2, 0.25) is 5.95 Å². The number of rotatable bonds is 5. The molecule has 0 aliphatic rings. The average molecular weight is 282 g/mol. The Morgan fingerprint density at radius 2 is 2.30 bits per heavy atom. The molecule has 20 heavy (non-hydrogen) atoms. The summed E-state index contributed by atoms with van der Waals surface area (Å²) in [5.41, 5.74) is -0.0372. The number of ether oxygens (including phenoxy) is 1. The number of halogens is 2. The highest BCUT2D eigenvalue weighted by atomic mass is 19.2. The summed E-state index contributed by atoms with van der Waals surface area (Å²) in [6, 6.07) is 1.10. The van der Waals surface area contributed by atoms with Crippen LogP contribution in [0.1, 0.15) is 10.4 Å². The van der Waals surface area contributed by atoms with Crippen LogP contribution in [0, 0.1) is 11.8 Å². The molecule has 0 spiro atoms. The lowest BCUT2D eigenvalue weighted by Crippen LogP contribution is -2.14. The Balaban J connectivity index is 2.07. The first-order chi connectivity index (χ1) is 9.61. The third-order valence-electron chi connectivity index (χ3n) is 2.51. The number of anilines is 1. The lowest BCUT2D eigenvalue weighted by molar-refractivity contribution is 0.102. The molecule has 0 saturated carbocycles. The number of hydrogen-bond acceptors (Lipinski definition) is 4. The number of nitrogens with one attached hydrogen (secondary N) is 1. The van der Waals surface area contributed by atoms with Crippen LogP contribution in [-0.4, -0.2) is 34.4 Å². The van der Waals surface area contributed by atoms with Crippen molar-refractivity contribution in [3.05, 3.63) is 42.0 Å². The van der Waals surface area contributed by atoms with E-state index in [1.54, 1.807) is 18.0 Å². The van der Waals surface area contributed by atoms with Gasteiger partial charge >= 0.3 is 0 Å². The SMILES string of the molecule is COCCn1cc(NC(=O)c2ccnc(F)c2F)cn1. The summed E-state index contributed by atoms with van der Waals surface area (Å²) in [4.78, 5) is 14.9. The summed E-state index contributed by atoms with van der Waals surface area (Å²) in [6.45, 7) is 0.990. The molecule has 0 radical (unpaired) electrons. The summed E-state index contributed by atoms with van der Waals surface area (Å²) >= 11 is 0. The smallest absolute Gasteiger partial charge is 0.258 e. The number of methoxy groups -OCH3 is 1. The van der Waals surface area contributed by atoms with Crippen molar-refractivity contribution in [2.24, 2.45) is 0 Å². The van der Waals surface area contributed by atoms with Crippen molar-refractivity contribution in [3.8, 4) is 0 Å². The Morgan fingerprint density at radius 1 is 1.50 bits per heavy atom. The highest BCUT2D eigenvalue weighted by molar-refractivity contribution is 6.04. The fourth-order valence-electron chi connectivity index (χ4n) is 1.53. The van der Waals surface area contributed by atoms with Crippen LogP contribution in [-0.2, 0) is 11.3 Å². The number of aromatic nitrogens is 3. The molecule has 0 fully saturated rings. The van der Waals surface area contributed by atoms with Gasteiger partial charge in [0.25, 0.3) is 5.91 Å². The predicted octanol–water partition coefficient (Wildman–Crippen LogP) is 1.46. The minimum absolute atomic E-state index is 0.378. The van der Waals surface area contributed by atoms with E-state index in [1.807, 2.05) is 0 Å². The normalized spacial score (nSPS) is 10.6. The zero-order valence-corrected chi connectivity index (χ0v) is 10.6. The third-order valence-corrected chi connectivity index (χ3v) is 2.51. The van der Waals surface area contributed by atoms with Crippen LogP contribution in [0.5, 0.6) is 0 Å². The van der Waals surface area contributed by atoms with Crippen LogP contribution in [0.4, 0.5) is 14.5 Å². The van der Waals surface area contributed by atoms with Crippen LogP contribution >= 0.6 is 0 Å². The van der Waals surface area contributed by atoms with E-state index >= 15 is 0 Å². The Labute approximate surface area is 113 Å². The first-order valence-electron chi connectivity index (χ1n) is 5.74. The molecule has 2 aromatic rings. The lowest BCUT2D eigenvalue weighted by atomic mass is 10.2. The van der Waals surface area contributed by atoms with Gasteiger partial charge in [0, 0.05) is 19.5 Å². The summed E-state index contributed by atoms with van der Waals surface area (Å²) in [5.74, 6) is -3.36. The molecule has 8 heteroatoms. The largest absolute Gasteiger partial charge is 0.383 e. The molecule has 1 N–H and O–H groups in total. The number of carbonyl (C=O) groups excluding carboxylic acids is 1. The van der Waals surface area contributed by atoms with Gasteiger partial charge in [-0.15, -0.1) is 0 Å². The van der Waals surface area contributed by atoms with E-state index in [2.05, 4.69) is 15.4 Å². The topological polar surface area (TPSA) is 69.0 Å².